The Kier molecular flexibility index (Phi) is 7.57. The molecule has 1 amide bonds. The van der Waals surface area contributed by atoms with Crippen LogP contribution in [0.4, 0.5) is 5.69 Å². The van der Waals surface area contributed by atoms with Crippen molar-refractivity contribution in [1.82, 2.24) is 10.3 Å². The third-order valence-electron chi connectivity index (χ3n) is 5.87. The summed E-state index contributed by atoms with van der Waals surface area (Å²) in [6.45, 7) is 9.51. The number of nitrogens with zero attached hydrogens (tertiary/aromatic N) is 1. The standard InChI is InChI=1S/C27H33N3O3/c1-18(2)14-28-15-20-13-22-8-11-25(19(3)26(22)29-16-20)30-27(31)21-6-9-23(10-7-21)33-17-24-5-4-12-32-24/h6-11,13,16,18,24,28H,4-5,12,14-15,17H2,1-3H3,(H,30,31)/t24-/m0/s1. The molecule has 0 spiro atoms. The zero-order valence-electron chi connectivity index (χ0n) is 19.7. The zero-order valence-corrected chi connectivity index (χ0v) is 19.7. The second kappa shape index (κ2) is 10.8. The molecule has 0 saturated carbocycles. The van der Waals surface area contributed by atoms with Gasteiger partial charge in [-0.1, -0.05) is 19.9 Å². The number of aromatic nitrogens is 1. The van der Waals surface area contributed by atoms with Crippen LogP contribution >= 0.6 is 0 Å². The quantitative estimate of drug-likeness (QED) is 0.478. The van der Waals surface area contributed by atoms with Crippen molar-refractivity contribution in [2.24, 2.45) is 5.92 Å². The Morgan fingerprint density at radius 3 is 2.76 bits per heavy atom. The molecule has 1 aromatic heterocycles. The number of benzene rings is 2. The maximum atomic E-state index is 12.8. The molecule has 1 fully saturated rings. The highest BCUT2D eigenvalue weighted by Crippen LogP contribution is 2.25. The predicted molar refractivity (Wildman–Crippen MR) is 132 cm³/mol. The van der Waals surface area contributed by atoms with E-state index in [1.165, 1.54) is 0 Å². The monoisotopic (exact) mass is 447 g/mol. The van der Waals surface area contributed by atoms with Gasteiger partial charge < -0.3 is 20.1 Å². The Morgan fingerprint density at radius 2 is 2.03 bits per heavy atom. The fraction of sp³-hybridized carbons (Fsp3) is 0.407. The van der Waals surface area contributed by atoms with Gasteiger partial charge in [0.25, 0.3) is 5.91 Å². The first-order chi connectivity index (χ1) is 16.0. The second-order valence-electron chi connectivity index (χ2n) is 9.10. The number of anilines is 1. The topological polar surface area (TPSA) is 72.5 Å². The summed E-state index contributed by atoms with van der Waals surface area (Å²) in [7, 11) is 0. The molecule has 2 heterocycles. The number of amides is 1. The first kappa shape index (κ1) is 23.2. The molecular formula is C27H33N3O3. The number of fused-ring (bicyclic) bond motifs is 1. The van der Waals surface area contributed by atoms with Crippen LogP contribution in [-0.2, 0) is 11.3 Å². The molecule has 1 aliphatic heterocycles. The van der Waals surface area contributed by atoms with Crippen molar-refractivity contribution < 1.29 is 14.3 Å². The molecule has 0 radical (unpaired) electrons. The second-order valence-corrected chi connectivity index (χ2v) is 9.10. The van der Waals surface area contributed by atoms with Crippen molar-refractivity contribution in [1.29, 1.82) is 0 Å². The van der Waals surface area contributed by atoms with E-state index in [2.05, 4.69) is 35.5 Å². The van der Waals surface area contributed by atoms with Gasteiger partial charge in [-0.25, -0.2) is 0 Å². The molecule has 1 aliphatic rings. The van der Waals surface area contributed by atoms with Crippen LogP contribution in [0.25, 0.3) is 10.9 Å². The van der Waals surface area contributed by atoms with Crippen molar-refractivity contribution >= 4 is 22.5 Å². The van der Waals surface area contributed by atoms with Crippen LogP contribution in [-0.4, -0.2) is 36.8 Å². The maximum absolute atomic E-state index is 12.8. The van der Waals surface area contributed by atoms with E-state index in [-0.39, 0.29) is 12.0 Å². The summed E-state index contributed by atoms with van der Waals surface area (Å²) in [5, 5.41) is 7.55. The minimum Gasteiger partial charge on any atom is -0.491 e. The lowest BCUT2D eigenvalue weighted by Crippen LogP contribution is -2.19. The predicted octanol–water partition coefficient (Wildman–Crippen LogP) is 5.10. The van der Waals surface area contributed by atoms with Crippen LogP contribution in [0.5, 0.6) is 5.75 Å². The highest BCUT2D eigenvalue weighted by molar-refractivity contribution is 6.06. The van der Waals surface area contributed by atoms with Crippen molar-refractivity contribution in [2.75, 3.05) is 25.1 Å². The van der Waals surface area contributed by atoms with E-state index in [4.69, 9.17) is 9.47 Å². The number of nitrogens with one attached hydrogen (secondary N) is 2. The van der Waals surface area contributed by atoms with Gasteiger partial charge in [-0.3, -0.25) is 9.78 Å². The van der Waals surface area contributed by atoms with Crippen LogP contribution in [0, 0.1) is 12.8 Å². The molecule has 33 heavy (non-hydrogen) atoms. The Bertz CT molecular complexity index is 1090. The fourth-order valence-corrected chi connectivity index (χ4v) is 3.99. The average Bonchev–Trinajstić information content (AvgIpc) is 3.33. The summed E-state index contributed by atoms with van der Waals surface area (Å²) >= 11 is 0. The van der Waals surface area contributed by atoms with Gasteiger partial charge in [-0.05, 0) is 79.8 Å². The Labute approximate surface area is 195 Å². The third-order valence-corrected chi connectivity index (χ3v) is 5.87. The number of ether oxygens (including phenoxy) is 2. The number of carbonyl (C=O) groups is 1. The Morgan fingerprint density at radius 1 is 1.21 bits per heavy atom. The van der Waals surface area contributed by atoms with Crippen molar-refractivity contribution in [3.63, 3.8) is 0 Å². The number of pyridine rings is 1. The minimum atomic E-state index is -0.155. The summed E-state index contributed by atoms with van der Waals surface area (Å²) in [5.41, 5.74) is 4.36. The van der Waals surface area contributed by atoms with Crippen LogP contribution in [0.2, 0.25) is 0 Å². The van der Waals surface area contributed by atoms with Gasteiger partial charge in [0.2, 0.25) is 0 Å². The highest BCUT2D eigenvalue weighted by Gasteiger charge is 2.16. The van der Waals surface area contributed by atoms with E-state index < -0.39 is 0 Å². The SMILES string of the molecule is Cc1c(NC(=O)c2ccc(OC[C@@H]3CCCO3)cc2)ccc2cc(CNCC(C)C)cnc12. The number of rotatable bonds is 9. The van der Waals surface area contributed by atoms with Crippen molar-refractivity contribution in [3.05, 3.63) is 65.4 Å². The van der Waals surface area contributed by atoms with E-state index in [0.29, 0.717) is 18.1 Å². The molecule has 3 aromatic rings. The summed E-state index contributed by atoms with van der Waals surface area (Å²) in [6.07, 6.45) is 4.21. The Balaban J connectivity index is 1.39. The molecule has 1 atom stereocenters. The largest absolute Gasteiger partial charge is 0.491 e. The Hall–Kier alpha value is -2.96. The highest BCUT2D eigenvalue weighted by atomic mass is 16.5. The molecule has 0 unspecified atom stereocenters. The van der Waals surface area contributed by atoms with E-state index in [1.54, 1.807) is 12.1 Å². The first-order valence-electron chi connectivity index (χ1n) is 11.7. The van der Waals surface area contributed by atoms with Crippen LogP contribution in [0.1, 0.15) is 48.2 Å². The molecule has 6 heteroatoms. The number of aryl methyl sites for hydroxylation is 1. The summed E-state index contributed by atoms with van der Waals surface area (Å²) in [4.78, 5) is 17.5. The summed E-state index contributed by atoms with van der Waals surface area (Å²) in [6, 6.07) is 13.3. The van der Waals surface area contributed by atoms with E-state index in [1.807, 2.05) is 37.4 Å². The van der Waals surface area contributed by atoms with E-state index >= 15 is 0 Å². The molecule has 2 N–H and O–H groups in total. The lowest BCUT2D eigenvalue weighted by molar-refractivity contribution is 0.0679. The summed E-state index contributed by atoms with van der Waals surface area (Å²) in [5.74, 6) is 1.20. The first-order valence-corrected chi connectivity index (χ1v) is 11.7. The molecule has 1 saturated heterocycles. The molecule has 4 rings (SSSR count). The van der Waals surface area contributed by atoms with Gasteiger partial charge in [-0.2, -0.15) is 0 Å². The van der Waals surface area contributed by atoms with E-state index in [9.17, 15) is 4.79 Å². The maximum Gasteiger partial charge on any atom is 0.255 e. The van der Waals surface area contributed by atoms with Crippen molar-refractivity contribution in [2.45, 2.75) is 46.3 Å². The third kappa shape index (κ3) is 6.09. The molecule has 2 aromatic carbocycles. The fourth-order valence-electron chi connectivity index (χ4n) is 3.99. The van der Waals surface area contributed by atoms with Crippen molar-refractivity contribution in [3.8, 4) is 5.75 Å². The zero-order chi connectivity index (χ0) is 23.2. The van der Waals surface area contributed by atoms with Crippen LogP contribution < -0.4 is 15.4 Å². The molecular weight excluding hydrogens is 414 g/mol. The van der Waals surface area contributed by atoms with Gasteiger partial charge in [0.1, 0.15) is 12.4 Å². The number of hydrogen-bond acceptors (Lipinski definition) is 5. The molecule has 6 nitrogen and oxygen atoms in total. The van der Waals surface area contributed by atoms with Gasteiger partial charge in [0.05, 0.1) is 11.6 Å². The minimum absolute atomic E-state index is 0.155. The number of hydrogen-bond donors (Lipinski definition) is 2. The molecule has 0 bridgehead atoms. The normalized spacial score (nSPS) is 15.8. The van der Waals surface area contributed by atoms with Crippen LogP contribution in [0.3, 0.4) is 0 Å². The van der Waals surface area contributed by atoms with Gasteiger partial charge in [0.15, 0.2) is 0 Å². The van der Waals surface area contributed by atoms with Gasteiger partial charge in [0, 0.05) is 36.0 Å². The lowest BCUT2D eigenvalue weighted by atomic mass is 10.1. The molecule has 174 valence electrons. The average molecular weight is 448 g/mol. The van der Waals surface area contributed by atoms with Gasteiger partial charge in [-0.15, -0.1) is 0 Å². The van der Waals surface area contributed by atoms with Crippen LogP contribution in [0.15, 0.2) is 48.7 Å². The lowest BCUT2D eigenvalue weighted by Gasteiger charge is -2.13. The smallest absolute Gasteiger partial charge is 0.255 e. The molecule has 0 aliphatic carbocycles. The summed E-state index contributed by atoms with van der Waals surface area (Å²) < 4.78 is 11.4. The van der Waals surface area contributed by atoms with Gasteiger partial charge >= 0.3 is 0 Å². The number of carbonyl (C=O) groups excluding carboxylic acids is 1. The van der Waals surface area contributed by atoms with E-state index in [0.717, 1.165) is 66.0 Å².